The third-order valence-electron chi connectivity index (χ3n) is 14.1. The molecule has 0 aromatic heterocycles. The average molecular weight is 640 g/mol. The third kappa shape index (κ3) is 4.11. The van der Waals surface area contributed by atoms with Crippen LogP contribution in [-0.2, 0) is 16.2 Å². The van der Waals surface area contributed by atoms with Crippen LogP contribution in [0.3, 0.4) is 0 Å². The summed E-state index contributed by atoms with van der Waals surface area (Å²) in [7, 11) is 0. The van der Waals surface area contributed by atoms with E-state index in [1.54, 1.807) is 11.1 Å². The van der Waals surface area contributed by atoms with Crippen molar-refractivity contribution in [2.24, 2.45) is 23.7 Å². The molecule has 5 aromatic rings. The molecular formula is C48H49N. The van der Waals surface area contributed by atoms with Crippen LogP contribution in [0.4, 0.5) is 17.1 Å². The van der Waals surface area contributed by atoms with Gasteiger partial charge in [-0.15, -0.1) is 0 Å². The molecule has 0 aliphatic heterocycles. The highest BCUT2D eigenvalue weighted by Gasteiger charge is 2.62. The minimum atomic E-state index is 0.0554. The van der Waals surface area contributed by atoms with Gasteiger partial charge in [-0.05, 0) is 131 Å². The number of hydrogen-bond donors (Lipinski definition) is 0. The molecule has 1 heteroatoms. The Morgan fingerprint density at radius 2 is 1.12 bits per heavy atom. The van der Waals surface area contributed by atoms with Crippen molar-refractivity contribution in [3.63, 3.8) is 0 Å². The molecule has 0 amide bonds. The lowest BCUT2D eigenvalue weighted by Crippen LogP contribution is -2.55. The lowest BCUT2D eigenvalue weighted by molar-refractivity contribution is -0.0399. The van der Waals surface area contributed by atoms with Crippen LogP contribution in [0.5, 0.6) is 0 Å². The Hall–Kier alpha value is -4.10. The van der Waals surface area contributed by atoms with Gasteiger partial charge in [-0.1, -0.05) is 125 Å². The molecule has 0 radical (unpaired) electrons. The molecule has 0 heterocycles. The first-order chi connectivity index (χ1) is 23.8. The highest BCUT2D eigenvalue weighted by molar-refractivity contribution is 6.03. The largest absolute Gasteiger partial charge is 0.309 e. The van der Waals surface area contributed by atoms with Gasteiger partial charge in [0.1, 0.15) is 0 Å². The monoisotopic (exact) mass is 639 g/mol. The SMILES string of the molecule is CC1(C)CCC(C)(C)c2c(N(c3ccccc3)c3c(-c4ccccc4)ccc4c3-c3ccccc3C43C4CC5CC(C4)CC3C5)cccc21. The number of hydrogen-bond acceptors (Lipinski definition) is 1. The second-order valence-corrected chi connectivity index (χ2v) is 17.6. The van der Waals surface area contributed by atoms with E-state index >= 15 is 0 Å². The Morgan fingerprint density at radius 1 is 0.510 bits per heavy atom. The molecule has 0 unspecified atom stereocenters. The van der Waals surface area contributed by atoms with Crippen LogP contribution in [0.2, 0.25) is 0 Å². The van der Waals surface area contributed by atoms with E-state index in [1.807, 2.05) is 0 Å². The van der Waals surface area contributed by atoms with Gasteiger partial charge in [0.25, 0.3) is 0 Å². The zero-order valence-electron chi connectivity index (χ0n) is 29.7. The Labute approximate surface area is 293 Å². The molecule has 4 fully saturated rings. The van der Waals surface area contributed by atoms with Crippen molar-refractivity contribution in [3.8, 4) is 22.3 Å². The molecule has 246 valence electrons. The van der Waals surface area contributed by atoms with Crippen molar-refractivity contribution in [2.45, 2.75) is 88.9 Å². The first-order valence-electron chi connectivity index (χ1n) is 19.1. The van der Waals surface area contributed by atoms with Crippen molar-refractivity contribution >= 4 is 17.1 Å². The summed E-state index contributed by atoms with van der Waals surface area (Å²) >= 11 is 0. The maximum absolute atomic E-state index is 2.70. The van der Waals surface area contributed by atoms with E-state index < -0.39 is 0 Å². The van der Waals surface area contributed by atoms with Crippen molar-refractivity contribution < 1.29 is 0 Å². The molecule has 1 spiro atoms. The highest BCUT2D eigenvalue weighted by Crippen LogP contribution is 2.71. The fourth-order valence-electron chi connectivity index (χ4n) is 12.2. The van der Waals surface area contributed by atoms with Gasteiger partial charge in [-0.3, -0.25) is 0 Å². The van der Waals surface area contributed by atoms with Gasteiger partial charge in [-0.2, -0.15) is 0 Å². The maximum atomic E-state index is 2.70. The Balaban J connectivity index is 1.34. The summed E-state index contributed by atoms with van der Waals surface area (Å²) in [4.78, 5) is 2.70. The van der Waals surface area contributed by atoms with Gasteiger partial charge in [-0.25, -0.2) is 0 Å². The van der Waals surface area contributed by atoms with Gasteiger partial charge >= 0.3 is 0 Å². The van der Waals surface area contributed by atoms with Crippen LogP contribution in [0.25, 0.3) is 22.3 Å². The lowest BCUT2D eigenvalue weighted by atomic mass is 9.43. The molecule has 49 heavy (non-hydrogen) atoms. The number of benzene rings is 5. The van der Waals surface area contributed by atoms with Crippen LogP contribution >= 0.6 is 0 Å². The standard InChI is InChI=1S/C48H49N/c1-46(2)24-25-47(3,4)44-41(46)20-13-21-42(44)49(36-16-9-6-10-17-36)45-37(33-14-7-5-8-15-33)22-23-40-43(45)38-18-11-12-19-39(38)48(40)34-27-31-26-32(29-34)30-35(48)28-31/h5-23,31-32,34-35H,24-30H2,1-4H3. The number of fused-ring (bicyclic) bond motifs is 4. The minimum absolute atomic E-state index is 0.0554. The van der Waals surface area contributed by atoms with E-state index in [1.165, 1.54) is 95.4 Å². The van der Waals surface area contributed by atoms with Crippen LogP contribution in [0.1, 0.15) is 94.9 Å². The summed E-state index contributed by atoms with van der Waals surface area (Å²) < 4.78 is 0. The zero-order chi connectivity index (χ0) is 33.1. The molecule has 0 N–H and O–H groups in total. The van der Waals surface area contributed by atoms with E-state index in [2.05, 4.69) is 148 Å². The molecular weight excluding hydrogens is 591 g/mol. The molecule has 0 atom stereocenters. The van der Waals surface area contributed by atoms with E-state index in [9.17, 15) is 0 Å². The van der Waals surface area contributed by atoms with E-state index in [0.29, 0.717) is 0 Å². The van der Waals surface area contributed by atoms with E-state index in [4.69, 9.17) is 0 Å². The van der Waals surface area contributed by atoms with Crippen molar-refractivity contribution in [1.29, 1.82) is 0 Å². The Bertz CT molecular complexity index is 2060. The van der Waals surface area contributed by atoms with E-state index in [0.717, 1.165) is 23.7 Å². The maximum Gasteiger partial charge on any atom is 0.0621 e. The van der Waals surface area contributed by atoms with Crippen LogP contribution in [-0.4, -0.2) is 0 Å². The second kappa shape index (κ2) is 10.5. The Morgan fingerprint density at radius 3 is 1.84 bits per heavy atom. The van der Waals surface area contributed by atoms with Crippen molar-refractivity contribution in [1.82, 2.24) is 0 Å². The number of para-hydroxylation sites is 1. The summed E-state index contributed by atoms with van der Waals surface area (Å²) in [6.45, 7) is 9.89. The Kier molecular flexibility index (Phi) is 6.36. The minimum Gasteiger partial charge on any atom is -0.309 e. The zero-order valence-corrected chi connectivity index (χ0v) is 29.7. The summed E-state index contributed by atoms with van der Waals surface area (Å²) in [5.74, 6) is 3.32. The molecule has 4 saturated carbocycles. The predicted octanol–water partition coefficient (Wildman–Crippen LogP) is 12.9. The molecule has 11 rings (SSSR count). The normalized spacial score (nSPS) is 27.8. The second-order valence-electron chi connectivity index (χ2n) is 17.6. The quantitative estimate of drug-likeness (QED) is 0.189. The first-order valence-corrected chi connectivity index (χ1v) is 19.1. The molecule has 5 aromatic carbocycles. The van der Waals surface area contributed by atoms with Crippen molar-refractivity contribution in [2.75, 3.05) is 4.90 Å². The van der Waals surface area contributed by atoms with Gasteiger partial charge in [0.05, 0.1) is 11.4 Å². The van der Waals surface area contributed by atoms with Gasteiger partial charge < -0.3 is 4.90 Å². The third-order valence-corrected chi connectivity index (χ3v) is 14.1. The molecule has 6 aliphatic rings. The van der Waals surface area contributed by atoms with E-state index in [-0.39, 0.29) is 16.2 Å². The smallest absolute Gasteiger partial charge is 0.0621 e. The highest BCUT2D eigenvalue weighted by atomic mass is 15.2. The molecule has 0 saturated heterocycles. The molecule has 6 aliphatic carbocycles. The fourth-order valence-corrected chi connectivity index (χ4v) is 12.2. The summed E-state index contributed by atoms with van der Waals surface area (Å²) in [5.41, 5.74) is 16.1. The van der Waals surface area contributed by atoms with Crippen LogP contribution in [0, 0.1) is 23.7 Å². The van der Waals surface area contributed by atoms with Gasteiger partial charge in [0, 0.05) is 22.2 Å². The summed E-state index contributed by atoms with van der Waals surface area (Å²) in [6, 6.07) is 44.5. The van der Waals surface area contributed by atoms with Crippen molar-refractivity contribution in [3.05, 3.63) is 138 Å². The van der Waals surface area contributed by atoms with Crippen LogP contribution < -0.4 is 4.90 Å². The molecule has 1 nitrogen and oxygen atoms in total. The van der Waals surface area contributed by atoms with Gasteiger partial charge in [0.15, 0.2) is 0 Å². The summed E-state index contributed by atoms with van der Waals surface area (Å²) in [6.07, 6.45) is 9.45. The number of anilines is 3. The number of rotatable bonds is 4. The molecule has 4 bridgehead atoms. The number of nitrogens with zero attached hydrogens (tertiary/aromatic N) is 1. The lowest BCUT2D eigenvalue weighted by Gasteiger charge is -2.61. The predicted molar refractivity (Wildman–Crippen MR) is 205 cm³/mol. The topological polar surface area (TPSA) is 3.24 Å². The first kappa shape index (κ1) is 29.8. The van der Waals surface area contributed by atoms with Gasteiger partial charge in [0.2, 0.25) is 0 Å². The van der Waals surface area contributed by atoms with Crippen LogP contribution in [0.15, 0.2) is 115 Å². The fraction of sp³-hybridized carbons (Fsp3) is 0.375. The average Bonchev–Trinajstić information content (AvgIpc) is 3.41. The summed E-state index contributed by atoms with van der Waals surface area (Å²) in [5, 5.41) is 0.